The maximum atomic E-state index is 6.69. The molecule has 57 heavy (non-hydrogen) atoms. The summed E-state index contributed by atoms with van der Waals surface area (Å²) in [5.74, 6) is 0. The molecule has 3 nitrogen and oxygen atoms in total. The zero-order valence-electron chi connectivity index (χ0n) is 30.9. The molecular formula is C54H34N2O. The maximum Gasteiger partial charge on any atom is 0.145 e. The predicted octanol–water partition coefficient (Wildman–Crippen LogP) is 14.8. The van der Waals surface area contributed by atoms with Crippen LogP contribution in [0.1, 0.15) is 0 Å². The van der Waals surface area contributed by atoms with Crippen LogP contribution >= 0.6 is 0 Å². The summed E-state index contributed by atoms with van der Waals surface area (Å²) < 4.78 is 11.6. The molecule has 3 heterocycles. The molecule has 0 aliphatic carbocycles. The molecule has 0 N–H and O–H groups in total. The minimum Gasteiger partial charge on any atom is -0.455 e. The summed E-state index contributed by atoms with van der Waals surface area (Å²) in [6.07, 6.45) is 0. The van der Waals surface area contributed by atoms with Gasteiger partial charge in [-0.2, -0.15) is 0 Å². The zero-order chi connectivity index (χ0) is 37.5. The van der Waals surface area contributed by atoms with E-state index in [1.54, 1.807) is 0 Å². The second-order valence-electron chi connectivity index (χ2n) is 14.9. The van der Waals surface area contributed by atoms with E-state index in [-0.39, 0.29) is 0 Å². The molecule has 0 amide bonds. The smallest absolute Gasteiger partial charge is 0.145 e. The summed E-state index contributed by atoms with van der Waals surface area (Å²) in [6.45, 7) is 0. The number of hydrogen-bond donors (Lipinski definition) is 0. The highest BCUT2D eigenvalue weighted by Crippen LogP contribution is 2.44. The third-order valence-corrected chi connectivity index (χ3v) is 11.7. The fraction of sp³-hybridized carbons (Fsp3) is 0. The van der Waals surface area contributed by atoms with E-state index in [9.17, 15) is 0 Å². The molecule has 0 bridgehead atoms. The maximum absolute atomic E-state index is 6.69. The molecule has 266 valence electrons. The van der Waals surface area contributed by atoms with E-state index >= 15 is 0 Å². The van der Waals surface area contributed by atoms with Gasteiger partial charge >= 0.3 is 0 Å². The molecule has 0 radical (unpaired) electrons. The first-order valence-electron chi connectivity index (χ1n) is 19.5. The van der Waals surface area contributed by atoms with Crippen LogP contribution in [0.5, 0.6) is 0 Å². The van der Waals surface area contributed by atoms with E-state index in [4.69, 9.17) is 4.42 Å². The number of benzene rings is 9. The Morgan fingerprint density at radius 3 is 1.61 bits per heavy atom. The number of aromatic nitrogens is 2. The largest absolute Gasteiger partial charge is 0.455 e. The van der Waals surface area contributed by atoms with Crippen LogP contribution in [-0.2, 0) is 0 Å². The lowest BCUT2D eigenvalue weighted by molar-refractivity contribution is 0.670. The number of furan rings is 1. The molecule has 12 rings (SSSR count). The summed E-state index contributed by atoms with van der Waals surface area (Å²) in [6, 6.07) is 74.4. The van der Waals surface area contributed by atoms with E-state index in [0.29, 0.717) is 0 Å². The Kier molecular flexibility index (Phi) is 6.93. The first-order valence-corrected chi connectivity index (χ1v) is 19.5. The van der Waals surface area contributed by atoms with Gasteiger partial charge in [-0.25, -0.2) is 0 Å². The highest BCUT2D eigenvalue weighted by Gasteiger charge is 2.21. The van der Waals surface area contributed by atoms with Crippen molar-refractivity contribution in [2.75, 3.05) is 0 Å². The molecule has 3 heteroatoms. The van der Waals surface area contributed by atoms with Gasteiger partial charge in [0.15, 0.2) is 0 Å². The molecule has 12 aromatic rings. The molecule has 0 aliphatic rings. The minimum absolute atomic E-state index is 0.888. The van der Waals surface area contributed by atoms with Gasteiger partial charge in [0.05, 0.1) is 38.8 Å². The summed E-state index contributed by atoms with van der Waals surface area (Å²) in [4.78, 5) is 0. The van der Waals surface area contributed by atoms with E-state index in [0.717, 1.165) is 49.8 Å². The molecule has 9 aromatic carbocycles. The molecule has 0 spiro atoms. The topological polar surface area (TPSA) is 23.0 Å². The van der Waals surface area contributed by atoms with Crippen molar-refractivity contribution in [3.8, 4) is 44.8 Å². The van der Waals surface area contributed by atoms with Crippen LogP contribution in [-0.4, -0.2) is 9.13 Å². The van der Waals surface area contributed by atoms with Gasteiger partial charge < -0.3 is 13.6 Å². The van der Waals surface area contributed by atoms with Crippen LogP contribution in [0.4, 0.5) is 0 Å². The van der Waals surface area contributed by atoms with Gasteiger partial charge in [-0.05, 0) is 76.9 Å². The van der Waals surface area contributed by atoms with Gasteiger partial charge in [-0.3, -0.25) is 0 Å². The first-order chi connectivity index (χ1) is 28.3. The molecule has 3 aromatic heterocycles. The Morgan fingerprint density at radius 2 is 0.842 bits per heavy atom. The average molecular weight is 727 g/mol. The van der Waals surface area contributed by atoms with Crippen molar-refractivity contribution >= 4 is 65.6 Å². The molecule has 0 saturated carbocycles. The van der Waals surface area contributed by atoms with Crippen molar-refractivity contribution in [1.82, 2.24) is 9.13 Å². The van der Waals surface area contributed by atoms with Crippen molar-refractivity contribution in [2.24, 2.45) is 0 Å². The Morgan fingerprint density at radius 1 is 0.298 bits per heavy atom. The predicted molar refractivity (Wildman–Crippen MR) is 239 cm³/mol. The Hall–Kier alpha value is -7.62. The molecule has 0 fully saturated rings. The van der Waals surface area contributed by atoms with Gasteiger partial charge in [-0.1, -0.05) is 152 Å². The van der Waals surface area contributed by atoms with Gasteiger partial charge in [-0.15, -0.1) is 0 Å². The standard InChI is InChI=1S/C54H34N2O/c1-3-15-35(16-4-1)39-19-7-11-23-46(39)56-47-24-12-8-20-41(47)43-29-27-38(34-51(43)56)37-28-31-49-45(33-37)42-21-9-13-25-48(42)55(49)50-32-30-40(36-17-5-2-6-18-36)54-53(50)44-22-10-14-26-52(44)57-54/h1-34H. The number of hydrogen-bond acceptors (Lipinski definition) is 1. The number of nitrogens with zero attached hydrogens (tertiary/aromatic N) is 2. The van der Waals surface area contributed by atoms with Crippen molar-refractivity contribution in [2.45, 2.75) is 0 Å². The number of rotatable bonds is 5. The monoisotopic (exact) mass is 726 g/mol. The van der Waals surface area contributed by atoms with Gasteiger partial charge in [0.2, 0.25) is 0 Å². The average Bonchev–Trinajstić information content (AvgIpc) is 3.94. The van der Waals surface area contributed by atoms with Crippen molar-refractivity contribution in [3.05, 3.63) is 206 Å². The molecule has 0 atom stereocenters. The quantitative estimate of drug-likeness (QED) is 0.173. The normalized spacial score (nSPS) is 11.9. The molecule has 0 saturated heterocycles. The highest BCUT2D eigenvalue weighted by molar-refractivity contribution is 6.17. The van der Waals surface area contributed by atoms with Crippen LogP contribution in [0.25, 0.3) is 110 Å². The minimum atomic E-state index is 0.888. The summed E-state index contributed by atoms with van der Waals surface area (Å²) >= 11 is 0. The van der Waals surface area contributed by atoms with Gasteiger partial charge in [0.25, 0.3) is 0 Å². The van der Waals surface area contributed by atoms with Crippen LogP contribution in [0, 0.1) is 0 Å². The fourth-order valence-corrected chi connectivity index (χ4v) is 9.19. The lowest BCUT2D eigenvalue weighted by Crippen LogP contribution is -1.97. The van der Waals surface area contributed by atoms with E-state index in [1.165, 1.54) is 60.5 Å². The summed E-state index contributed by atoms with van der Waals surface area (Å²) in [5, 5.41) is 7.15. The Labute approximate surface area is 328 Å². The lowest BCUT2D eigenvalue weighted by Gasteiger charge is -2.14. The van der Waals surface area contributed by atoms with Crippen LogP contribution in [0.15, 0.2) is 211 Å². The number of para-hydroxylation sites is 4. The van der Waals surface area contributed by atoms with E-state index in [1.807, 2.05) is 6.07 Å². The van der Waals surface area contributed by atoms with Crippen LogP contribution in [0.3, 0.4) is 0 Å². The van der Waals surface area contributed by atoms with E-state index < -0.39 is 0 Å². The third kappa shape index (κ3) is 4.79. The highest BCUT2D eigenvalue weighted by atomic mass is 16.3. The summed E-state index contributed by atoms with van der Waals surface area (Å²) in [7, 11) is 0. The van der Waals surface area contributed by atoms with E-state index in [2.05, 4.69) is 209 Å². The van der Waals surface area contributed by atoms with Crippen molar-refractivity contribution < 1.29 is 4.42 Å². The van der Waals surface area contributed by atoms with Gasteiger partial charge in [0.1, 0.15) is 11.2 Å². The number of fused-ring (bicyclic) bond motifs is 9. The third-order valence-electron chi connectivity index (χ3n) is 11.7. The van der Waals surface area contributed by atoms with Crippen LogP contribution < -0.4 is 0 Å². The van der Waals surface area contributed by atoms with Crippen LogP contribution in [0.2, 0.25) is 0 Å². The molecule has 0 unspecified atom stereocenters. The van der Waals surface area contributed by atoms with Crippen molar-refractivity contribution in [1.29, 1.82) is 0 Å². The first kappa shape index (κ1) is 31.7. The zero-order valence-corrected chi connectivity index (χ0v) is 30.9. The fourth-order valence-electron chi connectivity index (χ4n) is 9.19. The van der Waals surface area contributed by atoms with Gasteiger partial charge in [0, 0.05) is 38.1 Å². The Balaban J connectivity index is 1.08. The summed E-state index contributed by atoms with van der Waals surface area (Å²) in [5.41, 5.74) is 15.8. The second-order valence-corrected chi connectivity index (χ2v) is 14.9. The Bertz CT molecular complexity index is 3510. The SMILES string of the molecule is c1ccc(-c2ccccc2-n2c3ccccc3c3ccc(-c4ccc5c(c4)c4ccccc4n5-c4ccc(-c5ccccc5)c5oc6ccccc6c45)cc32)cc1. The molecule has 0 aliphatic heterocycles. The van der Waals surface area contributed by atoms with Crippen molar-refractivity contribution in [3.63, 3.8) is 0 Å². The molecular weight excluding hydrogens is 693 g/mol. The lowest BCUT2D eigenvalue weighted by atomic mass is 10.0. The second kappa shape index (κ2) is 12.5.